The van der Waals surface area contributed by atoms with Crippen LogP contribution in [0, 0.1) is 5.92 Å². The van der Waals surface area contributed by atoms with E-state index in [1.165, 1.54) is 16.6 Å². The smallest absolute Gasteiger partial charge is 0.246 e. The van der Waals surface area contributed by atoms with Crippen LogP contribution in [0.25, 0.3) is 0 Å². The molecule has 0 saturated carbocycles. The van der Waals surface area contributed by atoms with Crippen LogP contribution in [-0.2, 0) is 10.0 Å². The van der Waals surface area contributed by atoms with Crippen LogP contribution >= 0.6 is 0 Å². The minimum absolute atomic E-state index is 0.0473. The van der Waals surface area contributed by atoms with Crippen LogP contribution < -0.4 is 5.73 Å². The third-order valence-corrected chi connectivity index (χ3v) is 4.70. The summed E-state index contributed by atoms with van der Waals surface area (Å²) >= 11 is 0. The van der Waals surface area contributed by atoms with Gasteiger partial charge in [0.05, 0.1) is 0 Å². The fraction of sp³-hybridized carbons (Fsp3) is 0.615. The molecule has 0 radical (unpaired) electrons. The molecule has 0 unspecified atom stereocenters. The van der Waals surface area contributed by atoms with Gasteiger partial charge in [0, 0.05) is 25.8 Å². The molecule has 0 atom stereocenters. The monoisotopic (exact) mass is 300 g/mol. The summed E-state index contributed by atoms with van der Waals surface area (Å²) in [6.07, 6.45) is 1.49. The molecule has 7 heteroatoms. The fourth-order valence-corrected chi connectivity index (χ4v) is 3.45. The van der Waals surface area contributed by atoms with Gasteiger partial charge in [-0.1, -0.05) is 13.8 Å². The van der Waals surface area contributed by atoms with Gasteiger partial charge in [-0.05, 0) is 32.1 Å². The second-order valence-corrected chi connectivity index (χ2v) is 7.35. The van der Waals surface area contributed by atoms with E-state index in [4.69, 9.17) is 5.73 Å². The van der Waals surface area contributed by atoms with Gasteiger partial charge in [-0.2, -0.15) is 4.31 Å². The highest BCUT2D eigenvalue weighted by Crippen LogP contribution is 2.20. The second-order valence-electron chi connectivity index (χ2n) is 5.45. The van der Waals surface area contributed by atoms with Crippen molar-refractivity contribution >= 4 is 15.8 Å². The Hall–Kier alpha value is -1.18. The quantitative estimate of drug-likeness (QED) is 0.808. The summed E-state index contributed by atoms with van der Waals surface area (Å²) < 4.78 is 26.9. The van der Waals surface area contributed by atoms with Gasteiger partial charge < -0.3 is 10.6 Å². The summed E-state index contributed by atoms with van der Waals surface area (Å²) in [7, 11) is 0.227. The lowest BCUT2D eigenvalue weighted by Gasteiger charge is -2.25. The van der Waals surface area contributed by atoms with Gasteiger partial charge in [0.2, 0.25) is 10.0 Å². The molecule has 1 rings (SSSR count). The topological polar surface area (TPSA) is 79.5 Å². The molecule has 2 N–H and O–H groups in total. The van der Waals surface area contributed by atoms with Crippen molar-refractivity contribution in [3.63, 3.8) is 0 Å². The van der Waals surface area contributed by atoms with Crippen LogP contribution in [0.5, 0.6) is 0 Å². The van der Waals surface area contributed by atoms with Crippen molar-refractivity contribution in [2.24, 2.45) is 5.92 Å². The zero-order chi connectivity index (χ0) is 15.3. The maximum atomic E-state index is 12.7. The summed E-state index contributed by atoms with van der Waals surface area (Å²) in [6, 6.07) is 3.09. The summed E-state index contributed by atoms with van der Waals surface area (Å²) in [4.78, 5) is 5.90. The lowest BCUT2D eigenvalue weighted by atomic mass is 10.2. The van der Waals surface area contributed by atoms with Crippen LogP contribution in [-0.4, -0.2) is 56.3 Å². The molecule has 0 amide bonds. The molecule has 0 spiro atoms. The molecule has 1 heterocycles. The molecule has 0 aliphatic heterocycles. The van der Waals surface area contributed by atoms with E-state index in [1.807, 2.05) is 32.8 Å². The Bertz CT molecular complexity index is 529. The Balaban J connectivity index is 3.07. The van der Waals surface area contributed by atoms with Crippen molar-refractivity contribution in [3.05, 3.63) is 18.3 Å². The SMILES string of the molecule is CC(C)CN(CCN(C)C)S(=O)(=O)c1cccnc1N. The molecule has 1 aromatic heterocycles. The fourth-order valence-electron chi connectivity index (χ4n) is 1.79. The van der Waals surface area contributed by atoms with Gasteiger partial charge in [0.15, 0.2) is 0 Å². The normalized spacial score (nSPS) is 12.6. The third kappa shape index (κ3) is 4.43. The number of likely N-dealkylation sites (N-methyl/N-ethyl adjacent to an activating group) is 1. The number of nitrogens with zero attached hydrogens (tertiary/aromatic N) is 3. The van der Waals surface area contributed by atoms with E-state index >= 15 is 0 Å². The van der Waals surface area contributed by atoms with Crippen LogP contribution in [0.15, 0.2) is 23.2 Å². The van der Waals surface area contributed by atoms with Crippen molar-refractivity contribution in [2.45, 2.75) is 18.7 Å². The summed E-state index contributed by atoms with van der Waals surface area (Å²) in [5, 5.41) is 0. The second kappa shape index (κ2) is 7.01. The number of sulfonamides is 1. The van der Waals surface area contributed by atoms with Crippen LogP contribution in [0.3, 0.4) is 0 Å². The van der Waals surface area contributed by atoms with Crippen LogP contribution in [0.1, 0.15) is 13.8 Å². The largest absolute Gasteiger partial charge is 0.383 e. The van der Waals surface area contributed by atoms with Gasteiger partial charge in [-0.15, -0.1) is 0 Å². The standard InChI is InChI=1S/C13H24N4O2S/c1-11(2)10-17(9-8-16(3)4)20(18,19)12-6-5-7-15-13(12)14/h5-7,11H,8-10H2,1-4H3,(H2,14,15). The third-order valence-electron chi connectivity index (χ3n) is 2.78. The number of pyridine rings is 1. The van der Waals surface area contributed by atoms with Crippen molar-refractivity contribution in [1.29, 1.82) is 0 Å². The Labute approximate surface area is 121 Å². The average molecular weight is 300 g/mol. The average Bonchev–Trinajstić information content (AvgIpc) is 2.34. The number of hydrogen-bond acceptors (Lipinski definition) is 5. The maximum absolute atomic E-state index is 12.7. The first kappa shape index (κ1) is 16.9. The molecule has 0 aliphatic rings. The van der Waals surface area contributed by atoms with Gasteiger partial charge >= 0.3 is 0 Å². The van der Waals surface area contributed by atoms with E-state index in [0.717, 1.165) is 0 Å². The highest BCUT2D eigenvalue weighted by atomic mass is 32.2. The zero-order valence-electron chi connectivity index (χ0n) is 12.6. The molecular weight excluding hydrogens is 276 g/mol. The minimum Gasteiger partial charge on any atom is -0.383 e. The van der Waals surface area contributed by atoms with E-state index < -0.39 is 10.0 Å². The molecule has 0 bridgehead atoms. The maximum Gasteiger partial charge on any atom is 0.246 e. The Kier molecular flexibility index (Phi) is 5.91. The molecule has 1 aromatic rings. The predicted molar refractivity (Wildman–Crippen MR) is 80.8 cm³/mol. The lowest BCUT2D eigenvalue weighted by molar-refractivity contribution is 0.313. The molecule has 0 aromatic carbocycles. The molecule has 114 valence electrons. The number of hydrogen-bond donors (Lipinski definition) is 1. The lowest BCUT2D eigenvalue weighted by Crippen LogP contribution is -2.39. The summed E-state index contributed by atoms with van der Waals surface area (Å²) in [5.41, 5.74) is 5.70. The zero-order valence-corrected chi connectivity index (χ0v) is 13.4. The van der Waals surface area contributed by atoms with Crippen molar-refractivity contribution < 1.29 is 8.42 Å². The first-order valence-electron chi connectivity index (χ1n) is 6.60. The molecular formula is C13H24N4O2S. The Morgan fingerprint density at radius 3 is 2.45 bits per heavy atom. The van der Waals surface area contributed by atoms with E-state index in [1.54, 1.807) is 6.07 Å². The van der Waals surface area contributed by atoms with E-state index in [2.05, 4.69) is 4.98 Å². The van der Waals surface area contributed by atoms with Crippen molar-refractivity contribution in [2.75, 3.05) is 39.5 Å². The van der Waals surface area contributed by atoms with Gasteiger partial charge in [0.25, 0.3) is 0 Å². The van der Waals surface area contributed by atoms with Crippen molar-refractivity contribution in [1.82, 2.24) is 14.2 Å². The molecule has 20 heavy (non-hydrogen) atoms. The Morgan fingerprint density at radius 2 is 1.95 bits per heavy atom. The number of rotatable bonds is 7. The van der Waals surface area contributed by atoms with Gasteiger partial charge in [-0.25, -0.2) is 13.4 Å². The van der Waals surface area contributed by atoms with Crippen LogP contribution in [0.4, 0.5) is 5.82 Å². The number of anilines is 1. The van der Waals surface area contributed by atoms with E-state index in [-0.39, 0.29) is 16.6 Å². The molecule has 0 aliphatic carbocycles. The minimum atomic E-state index is -3.60. The van der Waals surface area contributed by atoms with Crippen LogP contribution in [0.2, 0.25) is 0 Å². The molecule has 6 nitrogen and oxygen atoms in total. The molecule has 0 saturated heterocycles. The summed E-state index contributed by atoms with van der Waals surface area (Å²) in [5.74, 6) is 0.288. The highest BCUT2D eigenvalue weighted by Gasteiger charge is 2.27. The number of nitrogens with two attached hydrogens (primary N) is 1. The molecule has 0 fully saturated rings. The summed E-state index contributed by atoms with van der Waals surface area (Å²) in [6.45, 7) is 5.54. The predicted octanol–water partition coefficient (Wildman–Crippen LogP) is 0.872. The van der Waals surface area contributed by atoms with Gasteiger partial charge in [0.1, 0.15) is 10.7 Å². The van der Waals surface area contributed by atoms with Crippen molar-refractivity contribution in [3.8, 4) is 0 Å². The Morgan fingerprint density at radius 1 is 1.30 bits per heavy atom. The van der Waals surface area contributed by atoms with E-state index in [0.29, 0.717) is 19.6 Å². The van der Waals surface area contributed by atoms with Gasteiger partial charge in [-0.3, -0.25) is 0 Å². The highest BCUT2D eigenvalue weighted by molar-refractivity contribution is 7.89. The van der Waals surface area contributed by atoms with E-state index in [9.17, 15) is 8.42 Å². The number of aromatic nitrogens is 1. The first-order valence-corrected chi connectivity index (χ1v) is 8.04. The first-order chi connectivity index (χ1) is 9.25. The number of nitrogen functional groups attached to an aromatic ring is 1.